The fraction of sp³-hybridized carbons (Fsp3) is 0.500. The highest BCUT2D eigenvalue weighted by molar-refractivity contribution is 5.56. The second kappa shape index (κ2) is 4.05. The second-order valence-electron chi connectivity index (χ2n) is 4.20. The monoisotopic (exact) mass is 222 g/mol. The van der Waals surface area contributed by atoms with Gasteiger partial charge >= 0.3 is 5.82 Å². The third-order valence-electron chi connectivity index (χ3n) is 2.94. The quantitative estimate of drug-likeness (QED) is 0.591. The molecule has 3 N–H and O–H groups in total. The Kier molecular flexibility index (Phi) is 2.74. The van der Waals surface area contributed by atoms with E-state index in [0.717, 1.165) is 19.3 Å². The molecule has 1 fully saturated rings. The zero-order chi connectivity index (χ0) is 11.6. The van der Waals surface area contributed by atoms with E-state index in [2.05, 4.69) is 10.3 Å². The molecule has 1 aliphatic rings. The van der Waals surface area contributed by atoms with Crippen molar-refractivity contribution >= 4 is 11.5 Å². The van der Waals surface area contributed by atoms with Gasteiger partial charge in [0, 0.05) is 12.1 Å². The molecule has 6 heteroatoms. The van der Waals surface area contributed by atoms with Gasteiger partial charge in [0.25, 0.3) is 0 Å². The van der Waals surface area contributed by atoms with Crippen LogP contribution in [0, 0.1) is 10.1 Å². The molecule has 0 spiro atoms. The van der Waals surface area contributed by atoms with E-state index in [1.807, 2.05) is 0 Å². The predicted octanol–water partition coefficient (Wildman–Crippen LogP) is 1.28. The normalized spacial score (nSPS) is 17.6. The van der Waals surface area contributed by atoms with Gasteiger partial charge in [0.05, 0.1) is 0 Å². The Morgan fingerprint density at radius 3 is 2.94 bits per heavy atom. The van der Waals surface area contributed by atoms with Crippen molar-refractivity contribution in [1.29, 1.82) is 0 Å². The van der Waals surface area contributed by atoms with Gasteiger partial charge in [-0.05, 0) is 41.3 Å². The van der Waals surface area contributed by atoms with Crippen LogP contribution in [0.25, 0.3) is 0 Å². The average molecular weight is 222 g/mol. The molecule has 6 nitrogen and oxygen atoms in total. The lowest BCUT2D eigenvalue weighted by atomic mass is 9.78. The highest BCUT2D eigenvalue weighted by Crippen LogP contribution is 2.30. The van der Waals surface area contributed by atoms with Gasteiger partial charge in [-0.1, -0.05) is 0 Å². The van der Waals surface area contributed by atoms with Gasteiger partial charge in [-0.15, -0.1) is 0 Å². The molecule has 0 bridgehead atoms. The molecule has 1 aromatic rings. The number of anilines is 1. The van der Waals surface area contributed by atoms with Gasteiger partial charge in [-0.3, -0.25) is 0 Å². The van der Waals surface area contributed by atoms with Crippen molar-refractivity contribution in [3.63, 3.8) is 0 Å². The maximum Gasteiger partial charge on any atom is 0.386 e. The molecule has 0 radical (unpaired) electrons. The smallest absolute Gasteiger partial charge is 0.376 e. The summed E-state index contributed by atoms with van der Waals surface area (Å²) in [6.07, 6.45) is 4.47. The van der Waals surface area contributed by atoms with Crippen molar-refractivity contribution in [3.8, 4) is 0 Å². The number of hydrogen-bond acceptors (Lipinski definition) is 5. The van der Waals surface area contributed by atoms with Gasteiger partial charge in [0.2, 0.25) is 0 Å². The number of hydrogen-bond donors (Lipinski definition) is 2. The molecule has 1 aliphatic carbocycles. The Labute approximate surface area is 93.0 Å². The van der Waals surface area contributed by atoms with Crippen molar-refractivity contribution < 1.29 is 4.92 Å². The second-order valence-corrected chi connectivity index (χ2v) is 4.20. The first kappa shape index (κ1) is 10.8. The van der Waals surface area contributed by atoms with E-state index in [4.69, 9.17) is 5.73 Å². The molecular weight excluding hydrogens is 208 g/mol. The molecular formula is C10H14N4O2. The van der Waals surface area contributed by atoms with E-state index in [-0.39, 0.29) is 11.4 Å². The van der Waals surface area contributed by atoms with Gasteiger partial charge < -0.3 is 21.2 Å². The number of nitrogens with two attached hydrogens (primary N) is 1. The largest absolute Gasteiger partial charge is 0.386 e. The summed E-state index contributed by atoms with van der Waals surface area (Å²) >= 11 is 0. The summed E-state index contributed by atoms with van der Waals surface area (Å²) in [6, 6.07) is 3.31. The highest BCUT2D eigenvalue weighted by atomic mass is 16.6. The molecule has 86 valence electrons. The topological polar surface area (TPSA) is 94.1 Å². The minimum atomic E-state index is -0.494. The van der Waals surface area contributed by atoms with Crippen LogP contribution in [0.1, 0.15) is 19.3 Å². The Bertz CT molecular complexity index is 404. The van der Waals surface area contributed by atoms with Gasteiger partial charge in [0.15, 0.2) is 0 Å². The maximum atomic E-state index is 10.7. The molecule has 2 rings (SSSR count). The first-order valence-corrected chi connectivity index (χ1v) is 5.23. The first-order valence-electron chi connectivity index (χ1n) is 5.23. The van der Waals surface area contributed by atoms with E-state index in [1.54, 1.807) is 12.1 Å². The molecule has 0 amide bonds. The third kappa shape index (κ3) is 2.11. The lowest BCUT2D eigenvalue weighted by Gasteiger charge is -2.38. The Hall–Kier alpha value is -1.69. The van der Waals surface area contributed by atoms with E-state index < -0.39 is 4.92 Å². The van der Waals surface area contributed by atoms with Crippen LogP contribution in [0.4, 0.5) is 11.5 Å². The number of nitro groups is 1. The summed E-state index contributed by atoms with van der Waals surface area (Å²) in [6.45, 7) is 0.555. The van der Waals surface area contributed by atoms with Crippen molar-refractivity contribution in [3.05, 3.63) is 28.4 Å². The minimum absolute atomic E-state index is 0.148. The van der Waals surface area contributed by atoms with Gasteiger partial charge in [-0.2, -0.15) is 0 Å². The minimum Gasteiger partial charge on any atom is -0.376 e. The van der Waals surface area contributed by atoms with Crippen LogP contribution in [-0.4, -0.2) is 22.0 Å². The Balaban J connectivity index is 2.06. The number of pyridine rings is 1. The lowest BCUT2D eigenvalue weighted by molar-refractivity contribution is -0.388. The van der Waals surface area contributed by atoms with Crippen molar-refractivity contribution in [2.24, 2.45) is 5.73 Å². The molecule has 0 atom stereocenters. The zero-order valence-electron chi connectivity index (χ0n) is 8.85. The summed E-state index contributed by atoms with van der Waals surface area (Å²) in [4.78, 5) is 13.9. The van der Waals surface area contributed by atoms with E-state index in [0.29, 0.717) is 12.2 Å². The summed E-state index contributed by atoms with van der Waals surface area (Å²) in [5.74, 6) is -0.148. The molecule has 16 heavy (non-hydrogen) atoms. The summed E-state index contributed by atoms with van der Waals surface area (Å²) in [7, 11) is 0. The summed E-state index contributed by atoms with van der Waals surface area (Å²) < 4.78 is 0. The standard InChI is InChI=1S/C10H14N4O2/c11-10(4-2-5-10)7-13-8-3-1-6-12-9(8)14(15)16/h1,3,6,13H,2,4-5,7,11H2. The molecule has 0 saturated heterocycles. The highest BCUT2D eigenvalue weighted by Gasteiger charge is 2.32. The maximum absolute atomic E-state index is 10.7. The van der Waals surface area contributed by atoms with E-state index in [9.17, 15) is 10.1 Å². The molecule has 0 aromatic carbocycles. The van der Waals surface area contributed by atoms with Crippen LogP contribution in [0.3, 0.4) is 0 Å². The number of nitrogens with one attached hydrogen (secondary N) is 1. The predicted molar refractivity (Wildman–Crippen MR) is 60.2 cm³/mol. The van der Waals surface area contributed by atoms with Crippen LogP contribution >= 0.6 is 0 Å². The fourth-order valence-electron chi connectivity index (χ4n) is 1.76. The van der Waals surface area contributed by atoms with Crippen LogP contribution in [-0.2, 0) is 0 Å². The summed E-state index contributed by atoms with van der Waals surface area (Å²) in [5.41, 5.74) is 6.25. The zero-order valence-corrected chi connectivity index (χ0v) is 8.85. The molecule has 1 heterocycles. The van der Waals surface area contributed by atoms with E-state index >= 15 is 0 Å². The third-order valence-corrected chi connectivity index (χ3v) is 2.94. The van der Waals surface area contributed by atoms with Gasteiger partial charge in [-0.25, -0.2) is 0 Å². The molecule has 0 aliphatic heterocycles. The SMILES string of the molecule is NC1(CNc2cccnc2[N+](=O)[O-])CCC1. The molecule has 1 saturated carbocycles. The molecule has 0 unspecified atom stereocenters. The first-order chi connectivity index (χ1) is 7.61. The number of aromatic nitrogens is 1. The fourth-order valence-corrected chi connectivity index (χ4v) is 1.76. The van der Waals surface area contributed by atoms with Crippen LogP contribution in [0.2, 0.25) is 0 Å². The number of rotatable bonds is 4. The van der Waals surface area contributed by atoms with Crippen molar-refractivity contribution in [2.45, 2.75) is 24.8 Å². The van der Waals surface area contributed by atoms with Gasteiger partial charge in [0.1, 0.15) is 11.9 Å². The Morgan fingerprint density at radius 1 is 1.62 bits per heavy atom. The molecule has 1 aromatic heterocycles. The van der Waals surface area contributed by atoms with Crippen LogP contribution < -0.4 is 11.1 Å². The van der Waals surface area contributed by atoms with E-state index in [1.165, 1.54) is 6.20 Å². The van der Waals surface area contributed by atoms with Crippen LogP contribution in [0.5, 0.6) is 0 Å². The van der Waals surface area contributed by atoms with Crippen molar-refractivity contribution in [2.75, 3.05) is 11.9 Å². The Morgan fingerprint density at radius 2 is 2.38 bits per heavy atom. The summed E-state index contributed by atoms with van der Waals surface area (Å²) in [5, 5.41) is 13.7. The lowest BCUT2D eigenvalue weighted by Crippen LogP contribution is -2.52. The van der Waals surface area contributed by atoms with Crippen LogP contribution in [0.15, 0.2) is 18.3 Å². The van der Waals surface area contributed by atoms with Crippen molar-refractivity contribution in [1.82, 2.24) is 4.98 Å². The average Bonchev–Trinajstić information content (AvgIpc) is 2.24. The number of nitrogens with zero attached hydrogens (tertiary/aromatic N) is 2.